The standard InChI is InChI=1S/C12H12ClNO4/c13-9-5-7(12(16)17)1-4-10(9)18-6-11(15)14-8-2-3-8/h1,4-5,8H,2-3,6H2,(H,14,15)(H,16,17). The van der Waals surface area contributed by atoms with Crippen LogP contribution < -0.4 is 10.1 Å². The van der Waals surface area contributed by atoms with E-state index in [1.165, 1.54) is 18.2 Å². The molecule has 0 unspecified atom stereocenters. The van der Waals surface area contributed by atoms with Crippen LogP contribution in [-0.2, 0) is 4.79 Å². The summed E-state index contributed by atoms with van der Waals surface area (Å²) in [5.74, 6) is -0.960. The van der Waals surface area contributed by atoms with Crippen molar-refractivity contribution in [3.05, 3.63) is 28.8 Å². The molecule has 5 nitrogen and oxygen atoms in total. The molecule has 0 aromatic heterocycles. The summed E-state index contributed by atoms with van der Waals surface area (Å²) >= 11 is 5.85. The first-order chi connectivity index (χ1) is 8.56. The molecule has 1 aliphatic rings. The van der Waals surface area contributed by atoms with Crippen LogP contribution in [-0.4, -0.2) is 29.6 Å². The fourth-order valence-electron chi connectivity index (χ4n) is 1.39. The third-order valence-corrected chi connectivity index (χ3v) is 2.78. The minimum atomic E-state index is -1.06. The van der Waals surface area contributed by atoms with Crippen LogP contribution in [0.25, 0.3) is 0 Å². The molecule has 18 heavy (non-hydrogen) atoms. The molecular weight excluding hydrogens is 258 g/mol. The van der Waals surface area contributed by atoms with Gasteiger partial charge in [0.15, 0.2) is 6.61 Å². The molecule has 1 amide bonds. The Morgan fingerprint density at radius 2 is 2.17 bits per heavy atom. The Bertz CT molecular complexity index is 485. The largest absolute Gasteiger partial charge is 0.482 e. The van der Waals surface area contributed by atoms with Crippen LogP contribution >= 0.6 is 11.6 Å². The smallest absolute Gasteiger partial charge is 0.335 e. The number of halogens is 1. The molecule has 0 saturated heterocycles. The zero-order valence-corrected chi connectivity index (χ0v) is 10.2. The number of benzene rings is 1. The Hall–Kier alpha value is -1.75. The molecule has 6 heteroatoms. The van der Waals surface area contributed by atoms with Gasteiger partial charge in [0.05, 0.1) is 10.6 Å². The van der Waals surface area contributed by atoms with Crippen molar-refractivity contribution in [1.29, 1.82) is 0 Å². The molecule has 96 valence electrons. The van der Waals surface area contributed by atoms with Gasteiger partial charge in [-0.3, -0.25) is 4.79 Å². The average Bonchev–Trinajstić information content (AvgIpc) is 3.11. The normalized spacial score (nSPS) is 14.1. The number of carboxylic acid groups (broad SMARTS) is 1. The van der Waals surface area contributed by atoms with E-state index in [0.717, 1.165) is 12.8 Å². The highest BCUT2D eigenvalue weighted by Gasteiger charge is 2.23. The zero-order chi connectivity index (χ0) is 13.1. The van der Waals surface area contributed by atoms with Gasteiger partial charge in [0.1, 0.15) is 5.75 Å². The van der Waals surface area contributed by atoms with Crippen molar-refractivity contribution in [2.45, 2.75) is 18.9 Å². The van der Waals surface area contributed by atoms with Crippen molar-refractivity contribution in [3.8, 4) is 5.75 Å². The Morgan fingerprint density at radius 1 is 1.44 bits per heavy atom. The van der Waals surface area contributed by atoms with E-state index in [2.05, 4.69) is 5.32 Å². The van der Waals surface area contributed by atoms with Crippen LogP contribution in [0.1, 0.15) is 23.2 Å². The first-order valence-electron chi connectivity index (χ1n) is 5.51. The van der Waals surface area contributed by atoms with Crippen LogP contribution in [0.5, 0.6) is 5.75 Å². The van der Waals surface area contributed by atoms with Gasteiger partial charge in [-0.15, -0.1) is 0 Å². The topological polar surface area (TPSA) is 75.6 Å². The summed E-state index contributed by atoms with van der Waals surface area (Å²) in [5.41, 5.74) is 0.0785. The summed E-state index contributed by atoms with van der Waals surface area (Å²) < 4.78 is 5.23. The zero-order valence-electron chi connectivity index (χ0n) is 9.48. The summed E-state index contributed by atoms with van der Waals surface area (Å²) in [4.78, 5) is 22.1. The molecule has 1 aromatic rings. The van der Waals surface area contributed by atoms with Gasteiger partial charge in [0.25, 0.3) is 5.91 Å². The second-order valence-electron chi connectivity index (χ2n) is 4.08. The van der Waals surface area contributed by atoms with E-state index in [-0.39, 0.29) is 29.1 Å². The number of rotatable bonds is 5. The highest BCUT2D eigenvalue weighted by molar-refractivity contribution is 6.32. The fraction of sp³-hybridized carbons (Fsp3) is 0.333. The lowest BCUT2D eigenvalue weighted by Gasteiger charge is -2.08. The van der Waals surface area contributed by atoms with Gasteiger partial charge in [-0.25, -0.2) is 4.79 Å². The van der Waals surface area contributed by atoms with Crippen molar-refractivity contribution in [2.24, 2.45) is 0 Å². The van der Waals surface area contributed by atoms with Gasteiger partial charge in [-0.1, -0.05) is 11.6 Å². The maximum atomic E-state index is 11.4. The van der Waals surface area contributed by atoms with Crippen molar-refractivity contribution < 1.29 is 19.4 Å². The maximum absolute atomic E-state index is 11.4. The molecule has 0 heterocycles. The van der Waals surface area contributed by atoms with Crippen LogP contribution in [0, 0.1) is 0 Å². The molecule has 2 rings (SSSR count). The number of aromatic carboxylic acids is 1. The summed E-state index contributed by atoms with van der Waals surface area (Å²) in [6, 6.07) is 4.39. The van der Waals surface area contributed by atoms with Crippen molar-refractivity contribution in [2.75, 3.05) is 6.61 Å². The molecule has 0 bridgehead atoms. The van der Waals surface area contributed by atoms with Gasteiger partial charge in [-0.05, 0) is 31.0 Å². The molecule has 1 saturated carbocycles. The molecule has 0 radical (unpaired) electrons. The number of nitrogens with one attached hydrogen (secondary N) is 1. The average molecular weight is 270 g/mol. The fourth-order valence-corrected chi connectivity index (χ4v) is 1.63. The van der Waals surface area contributed by atoms with Crippen LogP contribution in [0.2, 0.25) is 5.02 Å². The van der Waals surface area contributed by atoms with Crippen LogP contribution in [0.3, 0.4) is 0 Å². The third kappa shape index (κ3) is 3.37. The molecule has 1 aliphatic carbocycles. The van der Waals surface area contributed by atoms with E-state index < -0.39 is 5.97 Å². The van der Waals surface area contributed by atoms with E-state index in [1.54, 1.807) is 0 Å². The lowest BCUT2D eigenvalue weighted by molar-refractivity contribution is -0.123. The summed E-state index contributed by atoms with van der Waals surface area (Å²) in [6.45, 7) is -0.122. The second kappa shape index (κ2) is 5.27. The second-order valence-corrected chi connectivity index (χ2v) is 4.49. The number of hydrogen-bond donors (Lipinski definition) is 2. The lowest BCUT2D eigenvalue weighted by Crippen LogP contribution is -2.30. The molecule has 1 aromatic carbocycles. The number of carbonyl (C=O) groups is 2. The molecule has 1 fully saturated rings. The van der Waals surface area contributed by atoms with E-state index in [1.807, 2.05) is 0 Å². The number of ether oxygens (including phenoxy) is 1. The minimum Gasteiger partial charge on any atom is -0.482 e. The highest BCUT2D eigenvalue weighted by atomic mass is 35.5. The molecule has 0 aliphatic heterocycles. The maximum Gasteiger partial charge on any atom is 0.335 e. The van der Waals surface area contributed by atoms with E-state index >= 15 is 0 Å². The summed E-state index contributed by atoms with van der Waals surface area (Å²) in [6.07, 6.45) is 2.03. The number of carboxylic acids is 1. The number of hydrogen-bond acceptors (Lipinski definition) is 3. The van der Waals surface area contributed by atoms with E-state index in [4.69, 9.17) is 21.4 Å². The highest BCUT2D eigenvalue weighted by Crippen LogP contribution is 2.25. The predicted octanol–water partition coefficient (Wildman–Crippen LogP) is 1.70. The van der Waals surface area contributed by atoms with Crippen molar-refractivity contribution >= 4 is 23.5 Å². The summed E-state index contributed by atoms with van der Waals surface area (Å²) in [7, 11) is 0. The minimum absolute atomic E-state index is 0.0785. The SMILES string of the molecule is O=C(COc1ccc(C(=O)O)cc1Cl)NC1CC1. The van der Waals surface area contributed by atoms with Crippen LogP contribution in [0.15, 0.2) is 18.2 Å². The van der Waals surface area contributed by atoms with Gasteiger partial charge >= 0.3 is 5.97 Å². The first-order valence-corrected chi connectivity index (χ1v) is 5.89. The van der Waals surface area contributed by atoms with Gasteiger partial charge in [0.2, 0.25) is 0 Å². The van der Waals surface area contributed by atoms with E-state index in [0.29, 0.717) is 5.75 Å². The van der Waals surface area contributed by atoms with Crippen LogP contribution in [0.4, 0.5) is 0 Å². The quantitative estimate of drug-likeness (QED) is 0.853. The Kier molecular flexibility index (Phi) is 3.72. The molecular formula is C12H12ClNO4. The molecule has 0 spiro atoms. The predicted molar refractivity (Wildman–Crippen MR) is 65.1 cm³/mol. The first kappa shape index (κ1) is 12.7. The third-order valence-electron chi connectivity index (χ3n) is 2.48. The summed E-state index contributed by atoms with van der Waals surface area (Å²) in [5, 5.41) is 11.7. The number of carbonyl (C=O) groups excluding carboxylic acids is 1. The molecule has 2 N–H and O–H groups in total. The Labute approximate surface area is 109 Å². The Morgan fingerprint density at radius 3 is 2.72 bits per heavy atom. The lowest BCUT2D eigenvalue weighted by atomic mass is 10.2. The van der Waals surface area contributed by atoms with Gasteiger partial charge in [-0.2, -0.15) is 0 Å². The van der Waals surface area contributed by atoms with Gasteiger partial charge < -0.3 is 15.2 Å². The molecule has 0 atom stereocenters. The van der Waals surface area contributed by atoms with Crippen molar-refractivity contribution in [3.63, 3.8) is 0 Å². The monoisotopic (exact) mass is 269 g/mol. The van der Waals surface area contributed by atoms with E-state index in [9.17, 15) is 9.59 Å². The number of amides is 1. The Balaban J connectivity index is 1.92. The van der Waals surface area contributed by atoms with Gasteiger partial charge in [0, 0.05) is 6.04 Å². The van der Waals surface area contributed by atoms with Crippen molar-refractivity contribution in [1.82, 2.24) is 5.32 Å².